The van der Waals surface area contributed by atoms with E-state index >= 15 is 0 Å². The number of para-hydroxylation sites is 1. The highest BCUT2D eigenvalue weighted by Gasteiger charge is 2.19. The van der Waals surface area contributed by atoms with E-state index in [1.807, 2.05) is 38.2 Å². The summed E-state index contributed by atoms with van der Waals surface area (Å²) in [5, 5.41) is 7.86. The van der Waals surface area contributed by atoms with Gasteiger partial charge in [0.25, 0.3) is 15.9 Å². The number of carbonyl (C=O) groups is 1. The highest BCUT2D eigenvalue weighted by Crippen LogP contribution is 2.27. The van der Waals surface area contributed by atoms with Crippen LogP contribution >= 0.6 is 0 Å². The molecule has 5 rings (SSSR count). The standard InChI is InChI=1S/C27H25N7O3S/c1-16-13-17(2)30-27(29-16)33-38(36,37)20-11-9-19(10-12-20)31-26(35)22-14-25(23-15-28-34(4)18(23)3)32-24-8-6-5-7-21(22)24/h5-15H,1-4H3,(H,31,35)(H,29,30,33). The fraction of sp³-hybridized carbons (Fsp3) is 0.148. The Labute approximate surface area is 219 Å². The van der Waals surface area contributed by atoms with Crippen molar-refractivity contribution in [2.45, 2.75) is 25.7 Å². The topological polar surface area (TPSA) is 132 Å². The molecule has 0 unspecified atom stereocenters. The number of aromatic nitrogens is 5. The summed E-state index contributed by atoms with van der Waals surface area (Å²) in [5.41, 5.74) is 5.27. The number of hydrogen-bond donors (Lipinski definition) is 2. The summed E-state index contributed by atoms with van der Waals surface area (Å²) in [6.07, 6.45) is 1.73. The van der Waals surface area contributed by atoms with E-state index < -0.39 is 10.0 Å². The van der Waals surface area contributed by atoms with Crippen LogP contribution in [0, 0.1) is 20.8 Å². The molecule has 5 aromatic rings. The van der Waals surface area contributed by atoms with Crippen LogP contribution < -0.4 is 10.0 Å². The van der Waals surface area contributed by atoms with E-state index in [1.54, 1.807) is 36.9 Å². The lowest BCUT2D eigenvalue weighted by atomic mass is 10.0. The minimum absolute atomic E-state index is 0.00380. The van der Waals surface area contributed by atoms with Crippen molar-refractivity contribution < 1.29 is 13.2 Å². The number of carbonyl (C=O) groups excluding carboxylic acids is 1. The number of hydrogen-bond acceptors (Lipinski definition) is 7. The first-order valence-electron chi connectivity index (χ1n) is 11.8. The van der Waals surface area contributed by atoms with Crippen LogP contribution in [0.2, 0.25) is 0 Å². The number of benzene rings is 2. The van der Waals surface area contributed by atoms with E-state index in [4.69, 9.17) is 4.98 Å². The smallest absolute Gasteiger partial charge is 0.264 e. The Bertz CT molecular complexity index is 1780. The molecule has 2 N–H and O–H groups in total. The monoisotopic (exact) mass is 527 g/mol. The second-order valence-electron chi connectivity index (χ2n) is 8.90. The first-order chi connectivity index (χ1) is 18.1. The average molecular weight is 528 g/mol. The summed E-state index contributed by atoms with van der Waals surface area (Å²) >= 11 is 0. The van der Waals surface area contributed by atoms with Crippen LogP contribution in [0.4, 0.5) is 11.6 Å². The number of fused-ring (bicyclic) bond motifs is 1. The molecule has 0 aliphatic heterocycles. The molecule has 0 radical (unpaired) electrons. The van der Waals surface area contributed by atoms with Gasteiger partial charge in [-0.1, -0.05) is 18.2 Å². The molecule has 192 valence electrons. The average Bonchev–Trinajstić information content (AvgIpc) is 3.20. The second-order valence-corrected chi connectivity index (χ2v) is 10.6. The number of sulfonamides is 1. The molecule has 0 fully saturated rings. The number of nitrogens with zero attached hydrogens (tertiary/aromatic N) is 5. The SMILES string of the molecule is Cc1cc(C)nc(NS(=O)(=O)c2ccc(NC(=O)c3cc(-c4cnn(C)c4C)nc4ccccc34)cc2)n1. The van der Waals surface area contributed by atoms with Crippen molar-refractivity contribution in [2.75, 3.05) is 10.0 Å². The van der Waals surface area contributed by atoms with Gasteiger partial charge in [0.1, 0.15) is 0 Å². The summed E-state index contributed by atoms with van der Waals surface area (Å²) in [7, 11) is -2.07. The van der Waals surface area contributed by atoms with E-state index in [9.17, 15) is 13.2 Å². The molecule has 0 aliphatic carbocycles. The largest absolute Gasteiger partial charge is 0.322 e. The molecule has 1 amide bonds. The van der Waals surface area contributed by atoms with Gasteiger partial charge in [0.05, 0.1) is 27.9 Å². The maximum atomic E-state index is 13.4. The number of amides is 1. The van der Waals surface area contributed by atoms with Gasteiger partial charge in [0.15, 0.2) is 0 Å². The lowest BCUT2D eigenvalue weighted by molar-refractivity contribution is 0.102. The van der Waals surface area contributed by atoms with Crippen molar-refractivity contribution in [3.05, 3.63) is 89.5 Å². The van der Waals surface area contributed by atoms with Crippen molar-refractivity contribution in [3.8, 4) is 11.3 Å². The van der Waals surface area contributed by atoms with Crippen LogP contribution in [0.1, 0.15) is 27.4 Å². The maximum Gasteiger partial charge on any atom is 0.264 e. The number of rotatable bonds is 6. The van der Waals surface area contributed by atoms with E-state index in [-0.39, 0.29) is 16.8 Å². The van der Waals surface area contributed by atoms with Crippen LogP contribution in [0.5, 0.6) is 0 Å². The van der Waals surface area contributed by atoms with Crippen molar-refractivity contribution in [1.29, 1.82) is 0 Å². The van der Waals surface area contributed by atoms with Gasteiger partial charge in [0, 0.05) is 40.8 Å². The Hall–Kier alpha value is -4.64. The fourth-order valence-electron chi connectivity index (χ4n) is 4.12. The van der Waals surface area contributed by atoms with Crippen LogP contribution in [0.3, 0.4) is 0 Å². The zero-order chi connectivity index (χ0) is 27.0. The van der Waals surface area contributed by atoms with E-state index in [1.165, 1.54) is 24.3 Å². The predicted molar refractivity (Wildman–Crippen MR) is 145 cm³/mol. The van der Waals surface area contributed by atoms with Crippen LogP contribution in [-0.2, 0) is 17.1 Å². The molecule has 0 atom stereocenters. The predicted octanol–water partition coefficient (Wildman–Crippen LogP) is 4.40. The molecule has 0 saturated carbocycles. The summed E-state index contributed by atoms with van der Waals surface area (Å²) < 4.78 is 29.8. The Morgan fingerprint density at radius 1 is 0.895 bits per heavy atom. The van der Waals surface area contributed by atoms with Crippen molar-refractivity contribution in [3.63, 3.8) is 0 Å². The Morgan fingerprint density at radius 3 is 2.24 bits per heavy atom. The van der Waals surface area contributed by atoms with Crippen LogP contribution in [0.25, 0.3) is 22.2 Å². The quantitative estimate of drug-likeness (QED) is 0.334. The lowest BCUT2D eigenvalue weighted by Gasteiger charge is -2.12. The molecule has 3 heterocycles. The first kappa shape index (κ1) is 25.0. The van der Waals surface area contributed by atoms with Crippen LogP contribution in [-0.4, -0.2) is 39.1 Å². The summed E-state index contributed by atoms with van der Waals surface area (Å²) in [6.45, 7) is 5.46. The number of pyridine rings is 1. The number of anilines is 2. The second kappa shape index (κ2) is 9.67. The lowest BCUT2D eigenvalue weighted by Crippen LogP contribution is -2.16. The third-order valence-electron chi connectivity index (χ3n) is 6.10. The summed E-state index contributed by atoms with van der Waals surface area (Å²) in [5.74, 6) is -0.340. The molecule has 38 heavy (non-hydrogen) atoms. The molecule has 0 bridgehead atoms. The highest BCUT2D eigenvalue weighted by molar-refractivity contribution is 7.92. The van der Waals surface area contributed by atoms with Gasteiger partial charge in [-0.25, -0.2) is 28.1 Å². The Kier molecular flexibility index (Phi) is 6.37. The van der Waals surface area contributed by atoms with Gasteiger partial charge in [-0.3, -0.25) is 9.48 Å². The molecule has 0 spiro atoms. The zero-order valence-electron chi connectivity index (χ0n) is 21.2. The van der Waals surface area contributed by atoms with E-state index in [0.717, 1.165) is 11.3 Å². The Balaban J connectivity index is 1.41. The van der Waals surface area contributed by atoms with Gasteiger partial charge >= 0.3 is 0 Å². The summed E-state index contributed by atoms with van der Waals surface area (Å²) in [4.78, 5) is 26.4. The molecule has 11 heteroatoms. The molecule has 10 nitrogen and oxygen atoms in total. The van der Waals surface area contributed by atoms with Gasteiger partial charge < -0.3 is 5.32 Å². The molecular formula is C27H25N7O3S. The van der Waals surface area contributed by atoms with Gasteiger partial charge in [-0.05, 0) is 63.2 Å². The summed E-state index contributed by atoms with van der Waals surface area (Å²) in [6, 6.07) is 16.8. The molecule has 0 aliphatic rings. The minimum atomic E-state index is -3.92. The van der Waals surface area contributed by atoms with Crippen LogP contribution in [0.15, 0.2) is 71.8 Å². The molecule has 2 aromatic carbocycles. The maximum absolute atomic E-state index is 13.4. The minimum Gasteiger partial charge on any atom is -0.322 e. The number of nitrogens with one attached hydrogen (secondary N) is 2. The molecular weight excluding hydrogens is 502 g/mol. The van der Waals surface area contributed by atoms with Crippen molar-refractivity contribution >= 4 is 38.5 Å². The normalized spacial score (nSPS) is 11.5. The van der Waals surface area contributed by atoms with Crippen molar-refractivity contribution in [2.24, 2.45) is 7.05 Å². The number of aryl methyl sites for hydroxylation is 3. The highest BCUT2D eigenvalue weighted by atomic mass is 32.2. The van der Waals surface area contributed by atoms with Crippen molar-refractivity contribution in [1.82, 2.24) is 24.7 Å². The third kappa shape index (κ3) is 4.96. The fourth-order valence-corrected chi connectivity index (χ4v) is 5.06. The zero-order valence-corrected chi connectivity index (χ0v) is 22.0. The van der Waals surface area contributed by atoms with Gasteiger partial charge in [-0.2, -0.15) is 5.10 Å². The molecule has 3 aromatic heterocycles. The first-order valence-corrected chi connectivity index (χ1v) is 13.2. The van der Waals surface area contributed by atoms with Gasteiger partial charge in [0.2, 0.25) is 5.95 Å². The Morgan fingerprint density at radius 2 is 1.58 bits per heavy atom. The van der Waals surface area contributed by atoms with E-state index in [0.29, 0.717) is 39.2 Å². The van der Waals surface area contributed by atoms with E-state index in [2.05, 4.69) is 25.1 Å². The molecule has 0 saturated heterocycles. The third-order valence-corrected chi connectivity index (χ3v) is 7.45. The van der Waals surface area contributed by atoms with Gasteiger partial charge in [-0.15, -0.1) is 0 Å².